The third-order valence-electron chi connectivity index (χ3n) is 2.42. The van der Waals surface area contributed by atoms with E-state index in [2.05, 4.69) is 23.3 Å². The van der Waals surface area contributed by atoms with Crippen LogP contribution in [0, 0.1) is 11.3 Å². The fourth-order valence-corrected chi connectivity index (χ4v) is 2.41. The number of rotatable bonds is 4. The average Bonchev–Trinajstić information content (AvgIpc) is 2.82. The van der Waals surface area contributed by atoms with Crippen molar-refractivity contribution in [3.63, 3.8) is 0 Å². The number of aromatic nitrogens is 1. The summed E-state index contributed by atoms with van der Waals surface area (Å²) in [6.45, 7) is 2.87. The highest BCUT2D eigenvalue weighted by Gasteiger charge is 2.08. The van der Waals surface area contributed by atoms with Gasteiger partial charge in [0.05, 0.1) is 15.6 Å². The fourth-order valence-electron chi connectivity index (χ4n) is 1.53. The number of nitrogens with one attached hydrogen (secondary N) is 1. The molecule has 92 valence electrons. The molecule has 0 spiro atoms. The molecule has 0 saturated heterocycles. The highest BCUT2D eigenvalue weighted by Crippen LogP contribution is 2.28. The first-order chi connectivity index (χ1) is 8.74. The molecule has 2 rings (SSSR count). The van der Waals surface area contributed by atoms with Gasteiger partial charge < -0.3 is 5.32 Å². The molecule has 0 aliphatic carbocycles. The second kappa shape index (κ2) is 5.85. The largest absolute Gasteiger partial charge is 0.369 e. The molecule has 0 atom stereocenters. The summed E-state index contributed by atoms with van der Waals surface area (Å²) < 4.78 is 0.735. The first-order valence-electron chi connectivity index (χ1n) is 5.64. The van der Waals surface area contributed by atoms with Crippen molar-refractivity contribution in [2.24, 2.45) is 0 Å². The van der Waals surface area contributed by atoms with E-state index in [0.717, 1.165) is 28.6 Å². The Hall–Kier alpha value is -1.57. The molecule has 0 bridgehead atoms. The number of hydrogen-bond acceptors (Lipinski definition) is 4. The van der Waals surface area contributed by atoms with E-state index >= 15 is 0 Å². The van der Waals surface area contributed by atoms with Gasteiger partial charge in [-0.2, -0.15) is 5.26 Å². The zero-order valence-electron chi connectivity index (χ0n) is 9.90. The molecule has 5 heteroatoms. The van der Waals surface area contributed by atoms with Crippen molar-refractivity contribution < 1.29 is 0 Å². The molecule has 0 radical (unpaired) electrons. The number of hydrogen-bond donors (Lipinski definition) is 1. The van der Waals surface area contributed by atoms with Gasteiger partial charge in [-0.3, -0.25) is 0 Å². The maximum Gasteiger partial charge on any atom is 0.144 e. The molecule has 3 nitrogen and oxygen atoms in total. The summed E-state index contributed by atoms with van der Waals surface area (Å²) in [6.07, 6.45) is 0.987. The molecule has 2 heterocycles. The molecule has 1 N–H and O–H groups in total. The summed E-state index contributed by atoms with van der Waals surface area (Å²) in [5.41, 5.74) is 2.37. The van der Waals surface area contributed by atoms with E-state index in [4.69, 9.17) is 16.9 Å². The van der Waals surface area contributed by atoms with Crippen LogP contribution in [-0.4, -0.2) is 11.5 Å². The van der Waals surface area contributed by atoms with Crippen molar-refractivity contribution >= 4 is 28.8 Å². The van der Waals surface area contributed by atoms with Gasteiger partial charge in [-0.05, 0) is 24.6 Å². The van der Waals surface area contributed by atoms with Gasteiger partial charge >= 0.3 is 0 Å². The van der Waals surface area contributed by atoms with Gasteiger partial charge in [0.15, 0.2) is 0 Å². The smallest absolute Gasteiger partial charge is 0.144 e. The molecule has 2 aromatic rings. The lowest BCUT2D eigenvalue weighted by atomic mass is 10.2. The van der Waals surface area contributed by atoms with Gasteiger partial charge in [-0.1, -0.05) is 18.5 Å². The van der Waals surface area contributed by atoms with Crippen LogP contribution in [0.25, 0.3) is 11.3 Å². The molecule has 0 aliphatic heterocycles. The normalized spacial score (nSPS) is 10.1. The van der Waals surface area contributed by atoms with E-state index in [9.17, 15) is 0 Å². The Balaban J connectivity index is 2.36. The number of thiophene rings is 1. The Kier molecular flexibility index (Phi) is 4.19. The zero-order valence-corrected chi connectivity index (χ0v) is 11.5. The lowest BCUT2D eigenvalue weighted by molar-refractivity contribution is 0.968. The summed E-state index contributed by atoms with van der Waals surface area (Å²) in [6, 6.07) is 7.64. The lowest BCUT2D eigenvalue weighted by Gasteiger charge is -2.07. The van der Waals surface area contributed by atoms with E-state index in [1.165, 1.54) is 11.3 Å². The van der Waals surface area contributed by atoms with Crippen molar-refractivity contribution in [2.45, 2.75) is 13.3 Å². The molecule has 0 saturated carbocycles. The summed E-state index contributed by atoms with van der Waals surface area (Å²) in [5, 5.41) is 14.2. The minimum Gasteiger partial charge on any atom is -0.369 e. The molecule has 0 amide bonds. The first-order valence-corrected chi connectivity index (χ1v) is 6.89. The predicted octanol–water partition coefficient (Wildman–Crippen LogP) is 4.16. The van der Waals surface area contributed by atoms with Gasteiger partial charge in [0.1, 0.15) is 11.9 Å². The summed E-state index contributed by atoms with van der Waals surface area (Å²) in [5.74, 6) is 0.638. The number of halogens is 1. The number of nitrogens with zero attached hydrogens (tertiary/aromatic N) is 2. The van der Waals surface area contributed by atoms with Crippen LogP contribution >= 0.6 is 22.9 Å². The summed E-state index contributed by atoms with van der Waals surface area (Å²) in [7, 11) is 0. The van der Waals surface area contributed by atoms with E-state index in [-0.39, 0.29) is 0 Å². The molecule has 18 heavy (non-hydrogen) atoms. The Bertz CT molecular complexity index is 586. The Morgan fingerprint density at radius 2 is 2.33 bits per heavy atom. The van der Waals surface area contributed by atoms with Crippen LogP contribution in [0.15, 0.2) is 23.6 Å². The van der Waals surface area contributed by atoms with Crippen LogP contribution in [-0.2, 0) is 0 Å². The monoisotopic (exact) mass is 277 g/mol. The third kappa shape index (κ3) is 2.81. The van der Waals surface area contributed by atoms with Crippen LogP contribution in [0.4, 0.5) is 5.82 Å². The third-order valence-corrected chi connectivity index (χ3v) is 3.51. The van der Waals surface area contributed by atoms with E-state index in [1.807, 2.05) is 17.5 Å². The number of nitriles is 1. The maximum atomic E-state index is 9.03. The van der Waals surface area contributed by atoms with Gasteiger partial charge in [0, 0.05) is 17.5 Å². The van der Waals surface area contributed by atoms with Crippen LogP contribution in [0.3, 0.4) is 0 Å². The second-order valence-corrected chi connectivity index (χ2v) is 5.31. The predicted molar refractivity (Wildman–Crippen MR) is 76.1 cm³/mol. The minimum absolute atomic E-state index is 0.563. The maximum absolute atomic E-state index is 9.03. The van der Waals surface area contributed by atoms with Gasteiger partial charge in [0.25, 0.3) is 0 Å². The Morgan fingerprint density at radius 1 is 1.50 bits per heavy atom. The number of pyridine rings is 1. The van der Waals surface area contributed by atoms with Crippen molar-refractivity contribution in [1.29, 1.82) is 5.26 Å². The lowest BCUT2D eigenvalue weighted by Crippen LogP contribution is -2.04. The molecular formula is C13H12ClN3S. The molecule has 0 aliphatic rings. The molecular weight excluding hydrogens is 266 g/mol. The summed E-state index contributed by atoms with van der Waals surface area (Å²) in [4.78, 5) is 4.48. The average molecular weight is 278 g/mol. The highest BCUT2D eigenvalue weighted by atomic mass is 35.5. The van der Waals surface area contributed by atoms with Crippen molar-refractivity contribution in [2.75, 3.05) is 11.9 Å². The summed E-state index contributed by atoms with van der Waals surface area (Å²) >= 11 is 7.39. The van der Waals surface area contributed by atoms with Crippen molar-refractivity contribution in [3.8, 4) is 17.3 Å². The van der Waals surface area contributed by atoms with Gasteiger partial charge in [-0.25, -0.2) is 4.98 Å². The van der Waals surface area contributed by atoms with Crippen LogP contribution in [0.2, 0.25) is 4.34 Å². The van der Waals surface area contributed by atoms with Crippen molar-refractivity contribution in [1.82, 2.24) is 4.98 Å². The first kappa shape index (κ1) is 12.9. The van der Waals surface area contributed by atoms with E-state index in [1.54, 1.807) is 6.07 Å². The topological polar surface area (TPSA) is 48.7 Å². The standard InChI is InChI=1S/C13H12ClN3S/c1-2-5-16-13-9(7-15)3-4-11(17-13)10-6-12(14)18-8-10/h3-4,6,8H,2,5H2,1H3,(H,16,17). The van der Waals surface area contributed by atoms with Gasteiger partial charge in [0.2, 0.25) is 0 Å². The minimum atomic E-state index is 0.563. The van der Waals surface area contributed by atoms with E-state index in [0.29, 0.717) is 11.4 Å². The van der Waals surface area contributed by atoms with Crippen LogP contribution in [0.5, 0.6) is 0 Å². The van der Waals surface area contributed by atoms with E-state index < -0.39 is 0 Å². The van der Waals surface area contributed by atoms with Crippen LogP contribution in [0.1, 0.15) is 18.9 Å². The molecule has 0 unspecified atom stereocenters. The van der Waals surface area contributed by atoms with Gasteiger partial charge in [-0.15, -0.1) is 11.3 Å². The SMILES string of the molecule is CCCNc1nc(-c2csc(Cl)c2)ccc1C#N. The zero-order chi connectivity index (χ0) is 13.0. The number of anilines is 1. The van der Waals surface area contributed by atoms with Crippen LogP contribution < -0.4 is 5.32 Å². The highest BCUT2D eigenvalue weighted by molar-refractivity contribution is 7.14. The quantitative estimate of drug-likeness (QED) is 0.913. The molecule has 0 fully saturated rings. The Morgan fingerprint density at radius 3 is 2.94 bits per heavy atom. The fraction of sp³-hybridized carbons (Fsp3) is 0.231. The Labute approximate surface area is 115 Å². The molecule has 0 aromatic carbocycles. The second-order valence-electron chi connectivity index (χ2n) is 3.77. The molecule has 2 aromatic heterocycles. The van der Waals surface area contributed by atoms with Crippen molar-refractivity contribution in [3.05, 3.63) is 33.5 Å².